The van der Waals surface area contributed by atoms with Gasteiger partial charge in [-0.25, -0.2) is 4.98 Å². The maximum Gasteiger partial charge on any atom is 0.307 e. The number of aryl methyl sites for hydroxylation is 1. The Bertz CT molecular complexity index is 607. The summed E-state index contributed by atoms with van der Waals surface area (Å²) < 4.78 is 0. The third-order valence-electron chi connectivity index (χ3n) is 3.28. The van der Waals surface area contributed by atoms with Crippen LogP contribution in [-0.4, -0.2) is 34.6 Å². The lowest BCUT2D eigenvalue weighted by Gasteiger charge is -2.17. The van der Waals surface area contributed by atoms with Crippen LogP contribution in [0.25, 0.3) is 10.6 Å². The SMILES string of the molecule is Cc1ccc(-c2ncc(CN(C)CC(C)C(=O)O)s2)cc1. The lowest BCUT2D eigenvalue weighted by molar-refractivity contribution is -0.141. The van der Waals surface area contributed by atoms with E-state index in [2.05, 4.69) is 36.2 Å². The van der Waals surface area contributed by atoms with Gasteiger partial charge >= 0.3 is 5.97 Å². The van der Waals surface area contributed by atoms with Crippen molar-refractivity contribution in [1.29, 1.82) is 0 Å². The summed E-state index contributed by atoms with van der Waals surface area (Å²) >= 11 is 1.66. The monoisotopic (exact) mass is 304 g/mol. The Morgan fingerprint density at radius 3 is 2.67 bits per heavy atom. The number of benzene rings is 1. The van der Waals surface area contributed by atoms with Crippen LogP contribution in [0, 0.1) is 12.8 Å². The van der Waals surface area contributed by atoms with Gasteiger partial charge in [0, 0.05) is 29.7 Å². The molecule has 1 aromatic carbocycles. The fourth-order valence-corrected chi connectivity index (χ4v) is 3.08. The van der Waals surface area contributed by atoms with Crippen molar-refractivity contribution >= 4 is 17.3 Å². The van der Waals surface area contributed by atoms with E-state index < -0.39 is 5.97 Å². The second-order valence-corrected chi connectivity index (χ2v) is 6.55. The van der Waals surface area contributed by atoms with Crippen molar-refractivity contribution in [3.8, 4) is 10.6 Å². The van der Waals surface area contributed by atoms with Crippen molar-refractivity contribution in [2.75, 3.05) is 13.6 Å². The molecule has 0 saturated carbocycles. The van der Waals surface area contributed by atoms with Crippen LogP contribution in [0.3, 0.4) is 0 Å². The molecule has 112 valence electrons. The van der Waals surface area contributed by atoms with Crippen molar-refractivity contribution in [2.45, 2.75) is 20.4 Å². The molecule has 0 aliphatic carbocycles. The Morgan fingerprint density at radius 2 is 2.05 bits per heavy atom. The minimum atomic E-state index is -0.758. The molecule has 1 N–H and O–H groups in total. The maximum atomic E-state index is 10.9. The summed E-state index contributed by atoms with van der Waals surface area (Å²) in [6.07, 6.45) is 1.88. The molecule has 2 aromatic rings. The summed E-state index contributed by atoms with van der Waals surface area (Å²) in [4.78, 5) is 18.5. The zero-order chi connectivity index (χ0) is 15.4. The molecule has 0 spiro atoms. The number of hydrogen-bond acceptors (Lipinski definition) is 4. The number of nitrogens with zero attached hydrogens (tertiary/aromatic N) is 2. The van der Waals surface area contributed by atoms with Crippen LogP contribution in [-0.2, 0) is 11.3 Å². The lowest BCUT2D eigenvalue weighted by Crippen LogP contribution is -2.27. The molecule has 1 unspecified atom stereocenters. The van der Waals surface area contributed by atoms with Gasteiger partial charge in [-0.15, -0.1) is 11.3 Å². The first-order valence-corrected chi connectivity index (χ1v) is 7.70. The number of thiazole rings is 1. The summed E-state index contributed by atoms with van der Waals surface area (Å²) in [6, 6.07) is 8.32. The number of carboxylic acid groups (broad SMARTS) is 1. The third-order valence-corrected chi connectivity index (χ3v) is 4.32. The fraction of sp³-hybridized carbons (Fsp3) is 0.375. The van der Waals surface area contributed by atoms with Crippen LogP contribution >= 0.6 is 11.3 Å². The molecule has 0 radical (unpaired) electrons. The Labute approximate surface area is 129 Å². The molecule has 21 heavy (non-hydrogen) atoms. The van der Waals surface area contributed by atoms with Gasteiger partial charge in [-0.2, -0.15) is 0 Å². The van der Waals surface area contributed by atoms with Crippen LogP contribution in [0.15, 0.2) is 30.5 Å². The van der Waals surface area contributed by atoms with Gasteiger partial charge in [0.1, 0.15) is 5.01 Å². The van der Waals surface area contributed by atoms with Crippen molar-refractivity contribution < 1.29 is 9.90 Å². The highest BCUT2D eigenvalue weighted by molar-refractivity contribution is 7.15. The van der Waals surface area contributed by atoms with Gasteiger partial charge in [0.2, 0.25) is 0 Å². The number of hydrogen-bond donors (Lipinski definition) is 1. The van der Waals surface area contributed by atoms with Crippen LogP contribution in [0.4, 0.5) is 0 Å². The summed E-state index contributed by atoms with van der Waals surface area (Å²) in [7, 11) is 1.94. The van der Waals surface area contributed by atoms with Crippen molar-refractivity contribution in [1.82, 2.24) is 9.88 Å². The standard InChI is InChI=1S/C16H20N2O2S/c1-11-4-6-13(7-5-11)15-17-8-14(21-15)10-18(3)9-12(2)16(19)20/h4-8,12H,9-10H2,1-3H3,(H,19,20). The molecule has 0 bridgehead atoms. The minimum absolute atomic E-state index is 0.362. The van der Waals surface area contributed by atoms with E-state index in [1.807, 2.05) is 18.1 Å². The molecular weight excluding hydrogens is 284 g/mol. The molecule has 1 aromatic heterocycles. The highest BCUT2D eigenvalue weighted by Crippen LogP contribution is 2.26. The molecule has 1 heterocycles. The van der Waals surface area contributed by atoms with Gasteiger partial charge in [0.05, 0.1) is 5.92 Å². The van der Waals surface area contributed by atoms with E-state index in [-0.39, 0.29) is 5.92 Å². The van der Waals surface area contributed by atoms with Gasteiger partial charge in [0.15, 0.2) is 0 Å². The molecule has 0 saturated heterocycles. The first kappa shape index (κ1) is 15.7. The van der Waals surface area contributed by atoms with E-state index in [1.54, 1.807) is 18.3 Å². The molecule has 1 atom stereocenters. The van der Waals surface area contributed by atoms with Gasteiger partial charge in [-0.1, -0.05) is 36.8 Å². The van der Waals surface area contributed by atoms with Gasteiger partial charge < -0.3 is 10.0 Å². The van der Waals surface area contributed by atoms with Crippen molar-refractivity contribution in [2.24, 2.45) is 5.92 Å². The highest BCUT2D eigenvalue weighted by atomic mass is 32.1. The van der Waals surface area contributed by atoms with E-state index in [4.69, 9.17) is 5.11 Å². The average Bonchev–Trinajstić information content (AvgIpc) is 2.87. The van der Waals surface area contributed by atoms with Crippen LogP contribution in [0.1, 0.15) is 17.4 Å². The summed E-state index contributed by atoms with van der Waals surface area (Å²) in [5, 5.41) is 9.94. The second kappa shape index (κ2) is 6.83. The third kappa shape index (κ3) is 4.37. The van der Waals surface area contributed by atoms with Crippen molar-refractivity contribution in [3.63, 3.8) is 0 Å². The van der Waals surface area contributed by atoms with Crippen LogP contribution < -0.4 is 0 Å². The smallest absolute Gasteiger partial charge is 0.307 e. The molecule has 0 aliphatic heterocycles. The summed E-state index contributed by atoms with van der Waals surface area (Å²) in [6.45, 7) is 5.05. The van der Waals surface area contributed by atoms with Crippen LogP contribution in [0.2, 0.25) is 0 Å². The Kier molecular flexibility index (Phi) is 5.09. The van der Waals surface area contributed by atoms with E-state index in [0.29, 0.717) is 6.54 Å². The molecule has 0 aliphatic rings. The van der Waals surface area contributed by atoms with Gasteiger partial charge in [-0.05, 0) is 14.0 Å². The number of aliphatic carboxylic acids is 1. The lowest BCUT2D eigenvalue weighted by atomic mass is 10.2. The molecular formula is C16H20N2O2S. The molecule has 4 nitrogen and oxygen atoms in total. The quantitative estimate of drug-likeness (QED) is 0.890. The minimum Gasteiger partial charge on any atom is -0.481 e. The largest absolute Gasteiger partial charge is 0.481 e. The van der Waals surface area contributed by atoms with Gasteiger partial charge in [-0.3, -0.25) is 4.79 Å². The zero-order valence-electron chi connectivity index (χ0n) is 12.5. The first-order valence-electron chi connectivity index (χ1n) is 6.89. The molecule has 5 heteroatoms. The second-order valence-electron chi connectivity index (χ2n) is 5.43. The fourth-order valence-electron chi connectivity index (χ4n) is 2.09. The Hall–Kier alpha value is -1.72. The summed E-state index contributed by atoms with van der Waals surface area (Å²) in [5.41, 5.74) is 2.36. The van der Waals surface area contributed by atoms with E-state index in [9.17, 15) is 4.79 Å². The average molecular weight is 304 g/mol. The zero-order valence-corrected chi connectivity index (χ0v) is 13.4. The van der Waals surface area contributed by atoms with Crippen LogP contribution in [0.5, 0.6) is 0 Å². The van der Waals surface area contributed by atoms with E-state index in [0.717, 1.165) is 22.0 Å². The maximum absolute atomic E-state index is 10.9. The van der Waals surface area contributed by atoms with E-state index in [1.165, 1.54) is 5.56 Å². The highest BCUT2D eigenvalue weighted by Gasteiger charge is 2.14. The van der Waals surface area contributed by atoms with E-state index >= 15 is 0 Å². The number of aromatic nitrogens is 1. The molecule has 0 amide bonds. The molecule has 2 rings (SSSR count). The number of carbonyl (C=O) groups is 1. The Balaban J connectivity index is 2.00. The predicted molar refractivity (Wildman–Crippen MR) is 85.4 cm³/mol. The normalized spacial score (nSPS) is 12.6. The first-order chi connectivity index (χ1) is 9.95. The number of rotatable bonds is 6. The topological polar surface area (TPSA) is 53.4 Å². The number of carboxylic acids is 1. The molecule has 0 fully saturated rings. The van der Waals surface area contributed by atoms with Gasteiger partial charge in [0.25, 0.3) is 0 Å². The van der Waals surface area contributed by atoms with Crippen molar-refractivity contribution in [3.05, 3.63) is 40.9 Å². The Morgan fingerprint density at radius 1 is 1.38 bits per heavy atom. The summed E-state index contributed by atoms with van der Waals surface area (Å²) in [5.74, 6) is -1.12. The predicted octanol–water partition coefficient (Wildman–Crippen LogP) is 3.27.